The largest absolute Gasteiger partial charge is 0.492 e. The van der Waals surface area contributed by atoms with Gasteiger partial charge in [0.15, 0.2) is 0 Å². The number of halogens is 2. The Balaban J connectivity index is 1.79. The van der Waals surface area contributed by atoms with Crippen molar-refractivity contribution in [2.45, 2.75) is 37.8 Å². The molecule has 1 aromatic carbocycles. The molecule has 2 rings (SSSR count). The Morgan fingerprint density at radius 2 is 1.74 bits per heavy atom. The van der Waals surface area contributed by atoms with Crippen molar-refractivity contribution < 1.29 is 13.2 Å². The zero-order chi connectivity index (χ0) is 16.9. The van der Waals surface area contributed by atoms with Crippen molar-refractivity contribution in [3.63, 3.8) is 0 Å². The Morgan fingerprint density at radius 1 is 1.13 bits per heavy atom. The molecule has 0 aromatic heterocycles. The van der Waals surface area contributed by atoms with Crippen LogP contribution in [0.3, 0.4) is 0 Å². The van der Waals surface area contributed by atoms with Crippen LogP contribution in [0.4, 0.5) is 0 Å². The van der Waals surface area contributed by atoms with E-state index < -0.39 is 10.0 Å². The predicted molar refractivity (Wildman–Crippen MR) is 94.0 cm³/mol. The van der Waals surface area contributed by atoms with Crippen LogP contribution in [0.25, 0.3) is 0 Å². The highest BCUT2D eigenvalue weighted by Gasteiger charge is 2.26. The molecular formula is C15H22Cl2N2O3S. The first-order chi connectivity index (χ1) is 10.8. The minimum atomic E-state index is -3.19. The molecule has 5 nitrogen and oxygen atoms in total. The number of benzene rings is 1. The van der Waals surface area contributed by atoms with Crippen molar-refractivity contribution in [1.82, 2.24) is 10.0 Å². The van der Waals surface area contributed by atoms with Gasteiger partial charge in [-0.15, -0.1) is 0 Å². The van der Waals surface area contributed by atoms with Crippen LogP contribution in [-0.2, 0) is 10.0 Å². The lowest BCUT2D eigenvalue weighted by atomic mass is 9.91. The van der Waals surface area contributed by atoms with Crippen molar-refractivity contribution in [3.05, 3.63) is 28.2 Å². The average Bonchev–Trinajstić information content (AvgIpc) is 2.42. The highest BCUT2D eigenvalue weighted by Crippen LogP contribution is 2.24. The molecule has 23 heavy (non-hydrogen) atoms. The molecule has 1 saturated carbocycles. The van der Waals surface area contributed by atoms with E-state index >= 15 is 0 Å². The summed E-state index contributed by atoms with van der Waals surface area (Å²) in [5, 5.41) is 4.44. The van der Waals surface area contributed by atoms with Gasteiger partial charge in [0.25, 0.3) is 0 Å². The zero-order valence-corrected chi connectivity index (χ0v) is 15.3. The van der Waals surface area contributed by atoms with E-state index in [0.717, 1.165) is 25.7 Å². The van der Waals surface area contributed by atoms with Crippen LogP contribution in [0.5, 0.6) is 5.75 Å². The topological polar surface area (TPSA) is 67.4 Å². The highest BCUT2D eigenvalue weighted by molar-refractivity contribution is 7.88. The maximum atomic E-state index is 11.4. The van der Waals surface area contributed by atoms with Gasteiger partial charge in [-0.1, -0.05) is 36.0 Å². The van der Waals surface area contributed by atoms with E-state index in [9.17, 15) is 8.42 Å². The second kappa shape index (κ2) is 8.53. The van der Waals surface area contributed by atoms with E-state index in [2.05, 4.69) is 10.0 Å². The highest BCUT2D eigenvalue weighted by atomic mass is 35.5. The molecule has 0 aliphatic heterocycles. The van der Waals surface area contributed by atoms with Gasteiger partial charge in [-0.25, -0.2) is 13.1 Å². The monoisotopic (exact) mass is 380 g/mol. The van der Waals surface area contributed by atoms with Crippen molar-refractivity contribution in [1.29, 1.82) is 0 Å². The molecular weight excluding hydrogens is 359 g/mol. The molecule has 2 N–H and O–H groups in total. The number of hydrogen-bond acceptors (Lipinski definition) is 4. The van der Waals surface area contributed by atoms with Gasteiger partial charge in [-0.2, -0.15) is 0 Å². The molecule has 2 atom stereocenters. The van der Waals surface area contributed by atoms with Crippen LogP contribution in [0.1, 0.15) is 25.7 Å². The summed E-state index contributed by atoms with van der Waals surface area (Å²) >= 11 is 11.8. The molecule has 0 amide bonds. The molecule has 130 valence electrons. The summed E-state index contributed by atoms with van der Waals surface area (Å²) in [5.41, 5.74) is 0. The number of ether oxygens (including phenoxy) is 1. The van der Waals surface area contributed by atoms with Crippen molar-refractivity contribution in [2.75, 3.05) is 19.4 Å². The normalized spacial score (nSPS) is 22.0. The minimum Gasteiger partial charge on any atom is -0.492 e. The molecule has 0 bridgehead atoms. The fraction of sp³-hybridized carbons (Fsp3) is 0.600. The summed E-state index contributed by atoms with van der Waals surface area (Å²) in [5.74, 6) is 0.624. The number of hydrogen-bond donors (Lipinski definition) is 2. The molecule has 0 spiro atoms. The van der Waals surface area contributed by atoms with Gasteiger partial charge in [0, 0.05) is 28.7 Å². The van der Waals surface area contributed by atoms with Crippen LogP contribution in [-0.4, -0.2) is 39.9 Å². The SMILES string of the molecule is CS(=O)(=O)NC1CCCCC1NCCOc1cc(Cl)cc(Cl)c1. The Hall–Kier alpha value is -0.530. The third-order valence-corrected chi connectivity index (χ3v) is 4.91. The van der Waals surface area contributed by atoms with E-state index in [-0.39, 0.29) is 12.1 Å². The molecule has 1 aliphatic carbocycles. The molecule has 1 aromatic rings. The molecule has 0 heterocycles. The van der Waals surface area contributed by atoms with Gasteiger partial charge in [0.2, 0.25) is 10.0 Å². The summed E-state index contributed by atoms with van der Waals surface area (Å²) in [6.45, 7) is 1.08. The smallest absolute Gasteiger partial charge is 0.209 e. The molecule has 1 fully saturated rings. The summed E-state index contributed by atoms with van der Waals surface area (Å²) in [7, 11) is -3.19. The molecule has 1 aliphatic rings. The molecule has 0 saturated heterocycles. The van der Waals surface area contributed by atoms with Crippen molar-refractivity contribution in [3.8, 4) is 5.75 Å². The van der Waals surface area contributed by atoms with E-state index in [1.54, 1.807) is 18.2 Å². The van der Waals surface area contributed by atoms with E-state index in [1.807, 2.05) is 0 Å². The fourth-order valence-corrected chi connectivity index (χ4v) is 4.15. The van der Waals surface area contributed by atoms with Gasteiger partial charge < -0.3 is 10.1 Å². The predicted octanol–water partition coefficient (Wildman–Crippen LogP) is 2.82. The molecule has 0 radical (unpaired) electrons. The Bertz CT molecular complexity index is 605. The summed E-state index contributed by atoms with van der Waals surface area (Å²) in [4.78, 5) is 0. The lowest BCUT2D eigenvalue weighted by Gasteiger charge is -2.32. The van der Waals surface area contributed by atoms with Crippen LogP contribution in [0, 0.1) is 0 Å². The third-order valence-electron chi connectivity index (χ3n) is 3.74. The lowest BCUT2D eigenvalue weighted by Crippen LogP contribution is -2.52. The second-order valence-electron chi connectivity index (χ2n) is 5.80. The summed E-state index contributed by atoms with van der Waals surface area (Å²) < 4.78 is 31.2. The summed E-state index contributed by atoms with van der Waals surface area (Å²) in [6, 6.07) is 5.14. The summed E-state index contributed by atoms with van der Waals surface area (Å²) in [6.07, 6.45) is 5.16. The average molecular weight is 381 g/mol. The van der Waals surface area contributed by atoms with Crippen LogP contribution >= 0.6 is 23.2 Å². The fourth-order valence-electron chi connectivity index (χ4n) is 2.82. The number of rotatable bonds is 7. The number of sulfonamides is 1. The van der Waals surface area contributed by atoms with Gasteiger partial charge in [0.1, 0.15) is 12.4 Å². The first-order valence-corrected chi connectivity index (χ1v) is 10.3. The third kappa shape index (κ3) is 6.85. The first kappa shape index (κ1) is 18.8. The quantitative estimate of drug-likeness (QED) is 0.713. The van der Waals surface area contributed by atoms with E-state index in [1.165, 1.54) is 6.26 Å². The van der Waals surface area contributed by atoms with Crippen LogP contribution in [0.15, 0.2) is 18.2 Å². The van der Waals surface area contributed by atoms with Gasteiger partial charge in [-0.05, 0) is 31.0 Å². The van der Waals surface area contributed by atoms with Gasteiger partial charge in [0.05, 0.1) is 6.26 Å². The zero-order valence-electron chi connectivity index (χ0n) is 13.0. The number of nitrogens with one attached hydrogen (secondary N) is 2. The Kier molecular flexibility index (Phi) is 6.98. The lowest BCUT2D eigenvalue weighted by molar-refractivity contribution is 0.268. The second-order valence-corrected chi connectivity index (χ2v) is 8.45. The van der Waals surface area contributed by atoms with E-state index in [0.29, 0.717) is 28.9 Å². The van der Waals surface area contributed by atoms with E-state index in [4.69, 9.17) is 27.9 Å². The molecule has 2 unspecified atom stereocenters. The van der Waals surface area contributed by atoms with Gasteiger partial charge >= 0.3 is 0 Å². The first-order valence-electron chi connectivity index (χ1n) is 7.63. The Labute approximate surface area is 147 Å². The van der Waals surface area contributed by atoms with Crippen molar-refractivity contribution >= 4 is 33.2 Å². The standard InChI is InChI=1S/C15H22Cl2N2O3S/c1-23(20,21)19-15-5-3-2-4-14(15)18-6-7-22-13-9-11(16)8-12(17)10-13/h8-10,14-15,18-19H,2-7H2,1H3. The minimum absolute atomic E-state index is 0.0561. The maximum Gasteiger partial charge on any atom is 0.209 e. The van der Waals surface area contributed by atoms with Crippen molar-refractivity contribution in [2.24, 2.45) is 0 Å². The van der Waals surface area contributed by atoms with Crippen LogP contribution < -0.4 is 14.8 Å². The van der Waals surface area contributed by atoms with Crippen LogP contribution in [0.2, 0.25) is 10.0 Å². The Morgan fingerprint density at radius 3 is 2.35 bits per heavy atom. The molecule has 8 heteroatoms. The van der Waals surface area contributed by atoms with Gasteiger partial charge in [-0.3, -0.25) is 0 Å². The maximum absolute atomic E-state index is 11.4.